The maximum atomic E-state index is 13.1. The minimum Gasteiger partial charge on any atom is -0.382 e. The van der Waals surface area contributed by atoms with Gasteiger partial charge in [-0.25, -0.2) is 9.97 Å². The number of nitrogens with zero attached hydrogens (tertiary/aromatic N) is 3. The van der Waals surface area contributed by atoms with Crippen LogP contribution in [0.2, 0.25) is 0 Å². The molecule has 0 radical (unpaired) electrons. The zero-order chi connectivity index (χ0) is 22.5. The molecule has 4 heterocycles. The van der Waals surface area contributed by atoms with Crippen molar-refractivity contribution < 1.29 is 14.3 Å². The van der Waals surface area contributed by atoms with Crippen molar-refractivity contribution >= 4 is 28.4 Å². The number of hydrogen-bond donors (Lipinski definition) is 2. The summed E-state index contributed by atoms with van der Waals surface area (Å²) in [5.74, 6) is 0.109. The Morgan fingerprint density at radius 3 is 3.00 bits per heavy atom. The average Bonchev–Trinajstić information content (AvgIpc) is 3.31. The van der Waals surface area contributed by atoms with Crippen molar-refractivity contribution in [3.05, 3.63) is 45.9 Å². The Bertz CT molecular complexity index is 1170. The average molecular weight is 440 g/mol. The molecule has 0 bridgehead atoms. The number of rotatable bonds is 9. The van der Waals surface area contributed by atoms with E-state index in [-0.39, 0.29) is 17.6 Å². The predicted octanol–water partition coefficient (Wildman–Crippen LogP) is 2.30. The molecule has 0 aromatic carbocycles. The molecule has 1 aliphatic rings. The molecule has 0 aliphatic carbocycles. The van der Waals surface area contributed by atoms with Gasteiger partial charge in [-0.15, -0.1) is 0 Å². The lowest BCUT2D eigenvalue weighted by Crippen LogP contribution is -2.32. The Morgan fingerprint density at radius 2 is 2.22 bits per heavy atom. The van der Waals surface area contributed by atoms with Gasteiger partial charge in [-0.3, -0.25) is 14.0 Å². The van der Waals surface area contributed by atoms with E-state index in [0.717, 1.165) is 31.4 Å². The third kappa shape index (κ3) is 4.89. The fourth-order valence-electron chi connectivity index (χ4n) is 3.78. The lowest BCUT2D eigenvalue weighted by molar-refractivity contribution is 0.0858. The molecule has 0 saturated carbocycles. The molecule has 2 N–H and O–H groups in total. The molecule has 1 saturated heterocycles. The summed E-state index contributed by atoms with van der Waals surface area (Å²) in [6, 6.07) is 5.27. The molecule has 9 nitrogen and oxygen atoms in total. The van der Waals surface area contributed by atoms with Crippen LogP contribution in [0.25, 0.3) is 16.7 Å². The van der Waals surface area contributed by atoms with Crippen LogP contribution in [0, 0.1) is 6.92 Å². The van der Waals surface area contributed by atoms with Crippen LogP contribution in [0.15, 0.2) is 29.2 Å². The zero-order valence-corrected chi connectivity index (χ0v) is 18.5. The third-order valence-corrected chi connectivity index (χ3v) is 5.47. The number of fused-ring (bicyclic) bond motifs is 2. The first-order chi connectivity index (χ1) is 15.6. The summed E-state index contributed by atoms with van der Waals surface area (Å²) in [7, 11) is 0. The largest absolute Gasteiger partial charge is 0.382 e. The molecule has 0 spiro atoms. The summed E-state index contributed by atoms with van der Waals surface area (Å²) >= 11 is 0. The number of nitrogens with one attached hydrogen (secondary N) is 2. The summed E-state index contributed by atoms with van der Waals surface area (Å²) < 4.78 is 12.5. The Labute approximate surface area is 186 Å². The first kappa shape index (κ1) is 22.2. The number of carbonyl (C=O) groups is 1. The number of hydrogen-bond acceptors (Lipinski definition) is 7. The first-order valence-electron chi connectivity index (χ1n) is 11.1. The van der Waals surface area contributed by atoms with Gasteiger partial charge in [0.1, 0.15) is 11.5 Å². The van der Waals surface area contributed by atoms with Gasteiger partial charge in [0, 0.05) is 39.1 Å². The summed E-state index contributed by atoms with van der Waals surface area (Å²) in [6.45, 7) is 6.86. The minimum absolute atomic E-state index is 0.0224. The number of aryl methyl sites for hydroxylation is 1. The monoisotopic (exact) mass is 439 g/mol. The molecule has 1 aliphatic heterocycles. The molecule has 3 aromatic rings. The van der Waals surface area contributed by atoms with E-state index >= 15 is 0 Å². The zero-order valence-electron chi connectivity index (χ0n) is 18.5. The van der Waals surface area contributed by atoms with Crippen molar-refractivity contribution in [2.45, 2.75) is 39.2 Å². The topological polar surface area (TPSA) is 107 Å². The minimum atomic E-state index is -0.295. The second-order valence-electron chi connectivity index (χ2n) is 7.93. The normalized spacial score (nSPS) is 16.0. The number of anilines is 1. The molecule has 1 atom stereocenters. The van der Waals surface area contributed by atoms with Crippen LogP contribution in [0.5, 0.6) is 0 Å². The van der Waals surface area contributed by atoms with Crippen LogP contribution in [0.4, 0.5) is 5.82 Å². The SMILES string of the molecule is CCOCCCNc1nc2nc3ccc(C)cn3c(=O)c2cc1C(=O)NC[C@H]1CCCO1. The maximum absolute atomic E-state index is 13.1. The number of carbonyl (C=O) groups excluding carboxylic acids is 1. The van der Waals surface area contributed by atoms with Gasteiger partial charge in [0.15, 0.2) is 5.65 Å². The molecule has 3 aromatic heterocycles. The van der Waals surface area contributed by atoms with Crippen LogP contribution >= 0.6 is 0 Å². The van der Waals surface area contributed by atoms with E-state index in [9.17, 15) is 9.59 Å². The molecule has 170 valence electrons. The highest BCUT2D eigenvalue weighted by Crippen LogP contribution is 2.19. The van der Waals surface area contributed by atoms with Crippen molar-refractivity contribution in [3.63, 3.8) is 0 Å². The summed E-state index contributed by atoms with van der Waals surface area (Å²) in [4.78, 5) is 35.3. The van der Waals surface area contributed by atoms with Gasteiger partial charge < -0.3 is 20.1 Å². The predicted molar refractivity (Wildman–Crippen MR) is 122 cm³/mol. The van der Waals surface area contributed by atoms with Crippen LogP contribution in [0.3, 0.4) is 0 Å². The van der Waals surface area contributed by atoms with E-state index in [1.807, 2.05) is 19.9 Å². The van der Waals surface area contributed by atoms with Crippen molar-refractivity contribution in [1.29, 1.82) is 0 Å². The van der Waals surface area contributed by atoms with Crippen molar-refractivity contribution in [3.8, 4) is 0 Å². The van der Waals surface area contributed by atoms with Gasteiger partial charge >= 0.3 is 0 Å². The molecular formula is C23H29N5O4. The summed E-state index contributed by atoms with van der Waals surface area (Å²) in [6.07, 6.45) is 4.45. The van der Waals surface area contributed by atoms with Crippen molar-refractivity contribution in [2.24, 2.45) is 0 Å². The van der Waals surface area contributed by atoms with E-state index in [4.69, 9.17) is 9.47 Å². The molecule has 32 heavy (non-hydrogen) atoms. The second-order valence-corrected chi connectivity index (χ2v) is 7.93. The highest BCUT2D eigenvalue weighted by atomic mass is 16.5. The van der Waals surface area contributed by atoms with Crippen LogP contribution in [0.1, 0.15) is 42.1 Å². The standard InChI is InChI=1S/C23H29N5O4/c1-3-31-10-5-9-24-20-17(22(29)25-13-16-6-4-11-32-16)12-18-21(27-20)26-19-8-7-15(2)14-28(19)23(18)30/h7-8,12,14,16H,3-6,9-11,13H2,1-2H3,(H,24,27)(H,25,29)/t16-/m1/s1. The molecule has 1 amide bonds. The lowest BCUT2D eigenvalue weighted by atomic mass is 10.1. The Balaban J connectivity index is 1.68. The Morgan fingerprint density at radius 1 is 1.34 bits per heavy atom. The van der Waals surface area contributed by atoms with Gasteiger partial charge in [0.2, 0.25) is 0 Å². The van der Waals surface area contributed by atoms with E-state index < -0.39 is 0 Å². The molecule has 0 unspecified atom stereocenters. The van der Waals surface area contributed by atoms with Crippen LogP contribution in [-0.4, -0.2) is 59.3 Å². The number of ether oxygens (including phenoxy) is 2. The Kier molecular flexibility index (Phi) is 6.96. The summed E-state index contributed by atoms with van der Waals surface area (Å²) in [5.41, 5.74) is 1.83. The van der Waals surface area contributed by atoms with Crippen molar-refractivity contribution in [2.75, 3.05) is 38.2 Å². The van der Waals surface area contributed by atoms with E-state index in [0.29, 0.717) is 54.4 Å². The fraction of sp³-hybridized carbons (Fsp3) is 0.478. The summed E-state index contributed by atoms with van der Waals surface area (Å²) in [5, 5.41) is 6.44. The highest BCUT2D eigenvalue weighted by Gasteiger charge is 2.20. The maximum Gasteiger partial charge on any atom is 0.267 e. The lowest BCUT2D eigenvalue weighted by Gasteiger charge is -2.15. The number of aromatic nitrogens is 3. The van der Waals surface area contributed by atoms with Gasteiger partial charge in [-0.1, -0.05) is 6.07 Å². The van der Waals surface area contributed by atoms with Crippen molar-refractivity contribution in [1.82, 2.24) is 19.7 Å². The highest BCUT2D eigenvalue weighted by molar-refractivity contribution is 6.01. The van der Waals surface area contributed by atoms with E-state index in [1.54, 1.807) is 18.3 Å². The Hall–Kier alpha value is -3.04. The quantitative estimate of drug-likeness (QED) is 0.389. The fourth-order valence-corrected chi connectivity index (χ4v) is 3.78. The van der Waals surface area contributed by atoms with Gasteiger partial charge in [0.25, 0.3) is 11.5 Å². The second kappa shape index (κ2) is 10.1. The van der Waals surface area contributed by atoms with E-state index in [2.05, 4.69) is 20.6 Å². The molecule has 1 fully saturated rings. The third-order valence-electron chi connectivity index (χ3n) is 5.47. The molecule has 9 heteroatoms. The van der Waals surface area contributed by atoms with E-state index in [1.165, 1.54) is 4.40 Å². The molecular weight excluding hydrogens is 410 g/mol. The van der Waals surface area contributed by atoms with Gasteiger partial charge in [-0.2, -0.15) is 0 Å². The van der Waals surface area contributed by atoms with Gasteiger partial charge in [-0.05, 0) is 50.8 Å². The smallest absolute Gasteiger partial charge is 0.267 e. The first-order valence-corrected chi connectivity index (χ1v) is 11.1. The van der Waals surface area contributed by atoms with Crippen LogP contribution in [-0.2, 0) is 9.47 Å². The number of amides is 1. The van der Waals surface area contributed by atoms with Crippen LogP contribution < -0.4 is 16.2 Å². The molecule has 4 rings (SSSR count). The van der Waals surface area contributed by atoms with Gasteiger partial charge in [0.05, 0.1) is 17.1 Å². The number of pyridine rings is 2.